The first-order valence-electron chi connectivity index (χ1n) is 11.4. The van der Waals surface area contributed by atoms with Crippen LogP contribution in [0.5, 0.6) is 5.75 Å². The molecule has 5 heteroatoms. The van der Waals surface area contributed by atoms with E-state index in [1.165, 1.54) is 6.07 Å². The fourth-order valence-electron chi connectivity index (χ4n) is 3.84. The SMILES string of the molecule is CC.COc1cccc(CNC(C)c2cc(-c3ccc(C(=O)O)cc3F)c3ccccc3c2)c1. The lowest BCUT2D eigenvalue weighted by atomic mass is 9.92. The zero-order valence-corrected chi connectivity index (χ0v) is 19.9. The van der Waals surface area contributed by atoms with E-state index in [1.807, 2.05) is 68.4 Å². The second-order valence-electron chi connectivity index (χ2n) is 7.74. The van der Waals surface area contributed by atoms with Gasteiger partial charge in [-0.2, -0.15) is 0 Å². The molecule has 0 aliphatic heterocycles. The summed E-state index contributed by atoms with van der Waals surface area (Å²) < 4.78 is 20.2. The highest BCUT2D eigenvalue weighted by Crippen LogP contribution is 2.34. The van der Waals surface area contributed by atoms with Gasteiger partial charge in [-0.15, -0.1) is 0 Å². The van der Waals surface area contributed by atoms with E-state index in [4.69, 9.17) is 9.84 Å². The highest BCUT2D eigenvalue weighted by atomic mass is 19.1. The van der Waals surface area contributed by atoms with Crippen LogP contribution in [0.4, 0.5) is 4.39 Å². The number of hydrogen-bond donors (Lipinski definition) is 2. The maximum Gasteiger partial charge on any atom is 0.335 e. The summed E-state index contributed by atoms with van der Waals surface area (Å²) >= 11 is 0. The highest BCUT2D eigenvalue weighted by Gasteiger charge is 2.15. The Morgan fingerprint density at radius 3 is 2.44 bits per heavy atom. The first kappa shape index (κ1) is 24.9. The third-order valence-corrected chi connectivity index (χ3v) is 5.64. The van der Waals surface area contributed by atoms with E-state index in [1.54, 1.807) is 13.2 Å². The van der Waals surface area contributed by atoms with Crippen LogP contribution in [-0.4, -0.2) is 18.2 Å². The Morgan fingerprint density at radius 2 is 1.74 bits per heavy atom. The van der Waals surface area contributed by atoms with E-state index in [9.17, 15) is 9.18 Å². The third kappa shape index (κ3) is 5.61. The molecule has 1 unspecified atom stereocenters. The molecule has 0 spiro atoms. The maximum atomic E-state index is 14.9. The normalized spacial score (nSPS) is 11.4. The van der Waals surface area contributed by atoms with Gasteiger partial charge >= 0.3 is 5.97 Å². The fourth-order valence-corrected chi connectivity index (χ4v) is 3.84. The van der Waals surface area contributed by atoms with E-state index in [0.717, 1.165) is 39.3 Å². The van der Waals surface area contributed by atoms with Crippen LogP contribution in [0.1, 0.15) is 48.3 Å². The van der Waals surface area contributed by atoms with Gasteiger partial charge in [0, 0.05) is 18.2 Å². The van der Waals surface area contributed by atoms with Gasteiger partial charge in [-0.1, -0.05) is 56.3 Å². The number of benzene rings is 4. The molecule has 0 aliphatic carbocycles. The molecule has 34 heavy (non-hydrogen) atoms. The summed E-state index contributed by atoms with van der Waals surface area (Å²) in [5.74, 6) is -0.890. The van der Waals surface area contributed by atoms with Crippen molar-refractivity contribution in [2.45, 2.75) is 33.4 Å². The summed E-state index contributed by atoms with van der Waals surface area (Å²) in [5.41, 5.74) is 3.17. The molecule has 0 bridgehead atoms. The van der Waals surface area contributed by atoms with Crippen LogP contribution >= 0.6 is 0 Å². The van der Waals surface area contributed by atoms with Crippen molar-refractivity contribution < 1.29 is 19.0 Å². The Hall–Kier alpha value is -3.70. The number of halogens is 1. The molecule has 0 amide bonds. The minimum absolute atomic E-state index is 0.00547. The van der Waals surface area contributed by atoms with E-state index >= 15 is 0 Å². The molecule has 0 aliphatic rings. The van der Waals surface area contributed by atoms with E-state index in [0.29, 0.717) is 12.1 Å². The lowest BCUT2D eigenvalue weighted by Gasteiger charge is -2.18. The topological polar surface area (TPSA) is 58.6 Å². The first-order chi connectivity index (χ1) is 16.5. The minimum Gasteiger partial charge on any atom is -0.497 e. The minimum atomic E-state index is -1.15. The number of nitrogens with one attached hydrogen (secondary N) is 1. The van der Waals surface area contributed by atoms with Crippen molar-refractivity contribution in [3.63, 3.8) is 0 Å². The number of ether oxygens (including phenoxy) is 1. The predicted octanol–water partition coefficient (Wildman–Crippen LogP) is 7.23. The lowest BCUT2D eigenvalue weighted by Crippen LogP contribution is -2.18. The molecular weight excluding hydrogens is 429 g/mol. The maximum absolute atomic E-state index is 14.9. The fraction of sp³-hybridized carbons (Fsp3) is 0.207. The first-order valence-corrected chi connectivity index (χ1v) is 11.4. The van der Waals surface area contributed by atoms with Crippen molar-refractivity contribution in [1.29, 1.82) is 0 Å². The molecule has 176 valence electrons. The Kier molecular flexibility index (Phi) is 8.39. The zero-order valence-electron chi connectivity index (χ0n) is 19.9. The van der Waals surface area contributed by atoms with Crippen LogP contribution in [0.15, 0.2) is 78.9 Å². The second kappa shape index (κ2) is 11.4. The summed E-state index contributed by atoms with van der Waals surface area (Å²) in [6, 6.07) is 23.8. The van der Waals surface area contributed by atoms with E-state index in [-0.39, 0.29) is 11.6 Å². The van der Waals surface area contributed by atoms with Crippen molar-refractivity contribution >= 4 is 16.7 Å². The number of carboxylic acid groups (broad SMARTS) is 1. The van der Waals surface area contributed by atoms with Crippen LogP contribution < -0.4 is 10.1 Å². The number of carbonyl (C=O) groups is 1. The Balaban J connectivity index is 0.00000158. The summed E-state index contributed by atoms with van der Waals surface area (Å²) in [6.07, 6.45) is 0. The molecule has 2 N–H and O–H groups in total. The Labute approximate surface area is 200 Å². The van der Waals surface area contributed by atoms with Crippen molar-refractivity contribution in [2.24, 2.45) is 0 Å². The number of hydrogen-bond acceptors (Lipinski definition) is 3. The summed E-state index contributed by atoms with van der Waals surface area (Å²) in [5, 5.41) is 14.6. The summed E-state index contributed by atoms with van der Waals surface area (Å²) in [7, 11) is 1.65. The second-order valence-corrected chi connectivity index (χ2v) is 7.74. The molecule has 0 saturated carbocycles. The van der Waals surface area contributed by atoms with Gasteiger partial charge in [0.1, 0.15) is 11.6 Å². The number of carboxylic acids is 1. The van der Waals surface area contributed by atoms with Crippen molar-refractivity contribution in [3.05, 3.63) is 101 Å². The number of fused-ring (bicyclic) bond motifs is 1. The third-order valence-electron chi connectivity index (χ3n) is 5.64. The van der Waals surface area contributed by atoms with Crippen molar-refractivity contribution in [1.82, 2.24) is 5.32 Å². The van der Waals surface area contributed by atoms with Gasteiger partial charge < -0.3 is 15.2 Å². The molecule has 0 fully saturated rings. The number of rotatable bonds is 7. The largest absolute Gasteiger partial charge is 0.497 e. The Morgan fingerprint density at radius 1 is 0.971 bits per heavy atom. The molecule has 0 heterocycles. The monoisotopic (exact) mass is 459 g/mol. The van der Waals surface area contributed by atoms with Gasteiger partial charge in [0.25, 0.3) is 0 Å². The van der Waals surface area contributed by atoms with Crippen LogP contribution in [0, 0.1) is 5.82 Å². The van der Waals surface area contributed by atoms with Gasteiger partial charge in [0.2, 0.25) is 0 Å². The average Bonchev–Trinajstić information content (AvgIpc) is 2.88. The average molecular weight is 460 g/mol. The molecule has 4 nitrogen and oxygen atoms in total. The van der Waals surface area contributed by atoms with Gasteiger partial charge in [0.15, 0.2) is 0 Å². The van der Waals surface area contributed by atoms with Crippen LogP contribution in [0.25, 0.3) is 21.9 Å². The van der Waals surface area contributed by atoms with Crippen LogP contribution in [0.3, 0.4) is 0 Å². The molecule has 4 aromatic rings. The van der Waals surface area contributed by atoms with Crippen LogP contribution in [-0.2, 0) is 6.54 Å². The van der Waals surface area contributed by atoms with E-state index in [2.05, 4.69) is 18.3 Å². The summed E-state index contributed by atoms with van der Waals surface area (Å²) in [4.78, 5) is 11.2. The van der Waals surface area contributed by atoms with Gasteiger partial charge in [0.05, 0.1) is 12.7 Å². The van der Waals surface area contributed by atoms with Gasteiger partial charge in [-0.3, -0.25) is 0 Å². The molecule has 4 aromatic carbocycles. The number of aromatic carboxylic acids is 1. The highest BCUT2D eigenvalue weighted by molar-refractivity contribution is 5.98. The van der Waals surface area contributed by atoms with Gasteiger partial charge in [-0.25, -0.2) is 9.18 Å². The van der Waals surface area contributed by atoms with Crippen molar-refractivity contribution in [3.8, 4) is 16.9 Å². The summed E-state index contributed by atoms with van der Waals surface area (Å²) in [6.45, 7) is 6.72. The van der Waals surface area contributed by atoms with Gasteiger partial charge in [-0.05, 0) is 70.8 Å². The van der Waals surface area contributed by atoms with Crippen molar-refractivity contribution in [2.75, 3.05) is 7.11 Å². The molecular formula is C29H30FNO3. The molecule has 0 aromatic heterocycles. The van der Waals surface area contributed by atoms with E-state index < -0.39 is 11.8 Å². The predicted molar refractivity (Wildman–Crippen MR) is 136 cm³/mol. The zero-order chi connectivity index (χ0) is 24.7. The standard InChI is InChI=1S/C27H24FNO3.C2H6/c1-17(29-16-18-6-5-8-22(12-18)32-2)21-13-19-7-3-4-9-23(19)25(14-21)24-11-10-20(27(30)31)15-26(24)28;1-2/h3-15,17,29H,16H2,1-2H3,(H,30,31);1-2H3. The molecule has 0 radical (unpaired) electrons. The smallest absolute Gasteiger partial charge is 0.335 e. The van der Waals surface area contributed by atoms with Crippen LogP contribution in [0.2, 0.25) is 0 Å². The molecule has 4 rings (SSSR count). The lowest BCUT2D eigenvalue weighted by molar-refractivity contribution is 0.0696. The number of methoxy groups -OCH3 is 1. The molecule has 0 saturated heterocycles. The quantitative estimate of drug-likeness (QED) is 0.306. The molecule has 1 atom stereocenters. The Bertz CT molecular complexity index is 1290.